The van der Waals surface area contributed by atoms with Crippen molar-refractivity contribution in [3.8, 4) is 0 Å². The van der Waals surface area contributed by atoms with Crippen molar-refractivity contribution in [2.24, 2.45) is 5.92 Å². The van der Waals surface area contributed by atoms with Gasteiger partial charge in [-0.05, 0) is 48.9 Å². The SMILES string of the molecule is O=C(N1CCC(Cc2ccccc2)CC1)N1CCN(c2cccc(Cl)c2)CC1. The first-order valence-corrected chi connectivity index (χ1v) is 10.6. The predicted octanol–water partition coefficient (Wildman–Crippen LogP) is 4.54. The minimum Gasteiger partial charge on any atom is -0.368 e. The topological polar surface area (TPSA) is 26.8 Å². The van der Waals surface area contributed by atoms with Crippen LogP contribution in [0.2, 0.25) is 5.02 Å². The van der Waals surface area contributed by atoms with Crippen molar-refractivity contribution >= 4 is 23.3 Å². The van der Waals surface area contributed by atoms with E-state index in [1.807, 2.05) is 23.1 Å². The van der Waals surface area contributed by atoms with E-state index in [2.05, 4.69) is 46.2 Å². The lowest BCUT2D eigenvalue weighted by Gasteiger charge is -2.40. The van der Waals surface area contributed by atoms with Crippen LogP contribution in [0.5, 0.6) is 0 Å². The number of nitrogens with zero attached hydrogens (tertiary/aromatic N) is 3. The summed E-state index contributed by atoms with van der Waals surface area (Å²) in [6.45, 7) is 5.02. The van der Waals surface area contributed by atoms with Gasteiger partial charge in [0.1, 0.15) is 0 Å². The summed E-state index contributed by atoms with van der Waals surface area (Å²) in [5.74, 6) is 0.686. The molecule has 2 aliphatic heterocycles. The third kappa shape index (κ3) is 4.61. The number of carbonyl (C=O) groups excluding carboxylic acids is 1. The van der Waals surface area contributed by atoms with E-state index >= 15 is 0 Å². The largest absolute Gasteiger partial charge is 0.368 e. The molecule has 0 saturated carbocycles. The molecule has 0 aliphatic carbocycles. The van der Waals surface area contributed by atoms with E-state index in [9.17, 15) is 4.79 Å². The molecule has 0 unspecified atom stereocenters. The van der Waals surface area contributed by atoms with Crippen LogP contribution in [0.15, 0.2) is 54.6 Å². The number of urea groups is 1. The minimum absolute atomic E-state index is 0.212. The fourth-order valence-electron chi connectivity index (χ4n) is 4.30. The van der Waals surface area contributed by atoms with Crippen LogP contribution >= 0.6 is 11.6 Å². The number of rotatable bonds is 3. The Bertz CT molecular complexity index is 781. The molecule has 2 aliphatic rings. The van der Waals surface area contributed by atoms with Crippen molar-refractivity contribution in [2.75, 3.05) is 44.2 Å². The Balaban J connectivity index is 1.25. The number of halogens is 1. The third-order valence-electron chi connectivity index (χ3n) is 5.98. The Labute approximate surface area is 172 Å². The third-order valence-corrected chi connectivity index (χ3v) is 6.21. The van der Waals surface area contributed by atoms with Gasteiger partial charge in [0, 0.05) is 50.0 Å². The van der Waals surface area contributed by atoms with Gasteiger partial charge in [0.15, 0.2) is 0 Å². The average molecular weight is 398 g/mol. The van der Waals surface area contributed by atoms with E-state index < -0.39 is 0 Å². The lowest BCUT2D eigenvalue weighted by Crippen LogP contribution is -2.54. The maximum Gasteiger partial charge on any atom is 0.320 e. The molecule has 2 heterocycles. The summed E-state index contributed by atoms with van der Waals surface area (Å²) in [5, 5.41) is 0.759. The predicted molar refractivity (Wildman–Crippen MR) is 115 cm³/mol. The van der Waals surface area contributed by atoms with Crippen LogP contribution in [0.1, 0.15) is 18.4 Å². The van der Waals surface area contributed by atoms with Gasteiger partial charge in [-0.15, -0.1) is 0 Å². The Morgan fingerprint density at radius 3 is 2.21 bits per heavy atom. The summed E-state index contributed by atoms with van der Waals surface area (Å²) in [4.78, 5) is 19.3. The summed E-state index contributed by atoms with van der Waals surface area (Å²) >= 11 is 6.11. The first-order chi connectivity index (χ1) is 13.7. The van der Waals surface area contributed by atoms with Crippen molar-refractivity contribution in [3.05, 3.63) is 65.2 Å². The maximum absolute atomic E-state index is 12.9. The second-order valence-electron chi connectivity index (χ2n) is 7.86. The van der Waals surface area contributed by atoms with Gasteiger partial charge < -0.3 is 14.7 Å². The molecule has 2 aromatic carbocycles. The Morgan fingerprint density at radius 1 is 0.857 bits per heavy atom. The van der Waals surface area contributed by atoms with Crippen LogP contribution in [0.25, 0.3) is 0 Å². The molecule has 4 rings (SSSR count). The van der Waals surface area contributed by atoms with Crippen molar-refractivity contribution < 1.29 is 4.79 Å². The molecule has 2 saturated heterocycles. The number of carbonyl (C=O) groups is 1. The molecule has 5 heteroatoms. The number of anilines is 1. The van der Waals surface area contributed by atoms with Crippen LogP contribution in [-0.4, -0.2) is 55.1 Å². The summed E-state index contributed by atoms with van der Waals surface area (Å²) < 4.78 is 0. The number of likely N-dealkylation sites (tertiary alicyclic amines) is 1. The molecule has 28 heavy (non-hydrogen) atoms. The number of benzene rings is 2. The number of piperidine rings is 1. The summed E-state index contributed by atoms with van der Waals surface area (Å²) in [6.07, 6.45) is 3.33. The zero-order chi connectivity index (χ0) is 19.3. The van der Waals surface area contributed by atoms with Gasteiger partial charge in [-0.1, -0.05) is 48.0 Å². The Morgan fingerprint density at radius 2 is 1.54 bits per heavy atom. The first kappa shape index (κ1) is 19.1. The van der Waals surface area contributed by atoms with Crippen molar-refractivity contribution in [2.45, 2.75) is 19.3 Å². The van der Waals surface area contributed by atoms with Gasteiger partial charge in [-0.2, -0.15) is 0 Å². The van der Waals surface area contributed by atoms with Gasteiger partial charge in [-0.3, -0.25) is 0 Å². The zero-order valence-electron chi connectivity index (χ0n) is 16.3. The second-order valence-corrected chi connectivity index (χ2v) is 8.29. The van der Waals surface area contributed by atoms with Crippen molar-refractivity contribution in [1.29, 1.82) is 0 Å². The van der Waals surface area contributed by atoms with E-state index in [4.69, 9.17) is 11.6 Å². The van der Waals surface area contributed by atoms with Crippen LogP contribution in [0, 0.1) is 5.92 Å². The monoisotopic (exact) mass is 397 g/mol. The molecule has 148 valence electrons. The highest BCUT2D eigenvalue weighted by molar-refractivity contribution is 6.30. The molecule has 0 bridgehead atoms. The van der Waals surface area contributed by atoms with E-state index in [-0.39, 0.29) is 6.03 Å². The number of piperazine rings is 1. The Kier molecular flexibility index (Phi) is 6.06. The standard InChI is InChI=1S/C23H28ClN3O/c24-21-7-4-8-22(18-21)25-13-15-27(16-14-25)23(28)26-11-9-20(10-12-26)17-19-5-2-1-3-6-19/h1-8,18,20H,9-17H2. The number of hydrogen-bond acceptors (Lipinski definition) is 2. The highest BCUT2D eigenvalue weighted by Crippen LogP contribution is 2.24. The summed E-state index contributed by atoms with van der Waals surface area (Å²) in [5.41, 5.74) is 2.55. The van der Waals surface area contributed by atoms with Crippen LogP contribution in [-0.2, 0) is 6.42 Å². The van der Waals surface area contributed by atoms with Gasteiger partial charge in [-0.25, -0.2) is 4.79 Å². The molecular formula is C23H28ClN3O. The molecule has 0 radical (unpaired) electrons. The zero-order valence-corrected chi connectivity index (χ0v) is 17.0. The van der Waals surface area contributed by atoms with Gasteiger partial charge in [0.25, 0.3) is 0 Å². The van der Waals surface area contributed by atoms with E-state index in [0.29, 0.717) is 5.92 Å². The fourth-order valence-corrected chi connectivity index (χ4v) is 4.49. The van der Waals surface area contributed by atoms with Gasteiger partial charge in [0.05, 0.1) is 0 Å². The molecule has 2 fully saturated rings. The molecule has 2 aromatic rings. The van der Waals surface area contributed by atoms with Crippen molar-refractivity contribution in [1.82, 2.24) is 9.80 Å². The molecule has 0 spiro atoms. The molecule has 0 N–H and O–H groups in total. The molecule has 0 atom stereocenters. The normalized spacial score (nSPS) is 18.4. The number of amides is 2. The molecular weight excluding hydrogens is 370 g/mol. The van der Waals surface area contributed by atoms with E-state index in [1.165, 1.54) is 5.56 Å². The van der Waals surface area contributed by atoms with Gasteiger partial charge >= 0.3 is 6.03 Å². The highest BCUT2D eigenvalue weighted by atomic mass is 35.5. The summed E-state index contributed by atoms with van der Waals surface area (Å²) in [7, 11) is 0. The fraction of sp³-hybridized carbons (Fsp3) is 0.435. The maximum atomic E-state index is 12.9. The van der Waals surface area contributed by atoms with E-state index in [0.717, 1.165) is 69.2 Å². The number of hydrogen-bond donors (Lipinski definition) is 0. The molecule has 2 amide bonds. The highest BCUT2D eigenvalue weighted by Gasteiger charge is 2.28. The lowest BCUT2D eigenvalue weighted by molar-refractivity contribution is 0.130. The quantitative estimate of drug-likeness (QED) is 0.760. The van der Waals surface area contributed by atoms with E-state index in [1.54, 1.807) is 0 Å². The summed E-state index contributed by atoms with van der Waals surface area (Å²) in [6, 6.07) is 18.9. The first-order valence-electron chi connectivity index (χ1n) is 10.3. The Hall–Kier alpha value is -2.20. The van der Waals surface area contributed by atoms with Crippen LogP contribution in [0.4, 0.5) is 10.5 Å². The van der Waals surface area contributed by atoms with Crippen molar-refractivity contribution in [3.63, 3.8) is 0 Å². The minimum atomic E-state index is 0.212. The average Bonchev–Trinajstić information content (AvgIpc) is 2.75. The molecule has 4 nitrogen and oxygen atoms in total. The van der Waals surface area contributed by atoms with Crippen LogP contribution in [0.3, 0.4) is 0 Å². The van der Waals surface area contributed by atoms with Gasteiger partial charge in [0.2, 0.25) is 0 Å². The van der Waals surface area contributed by atoms with Crippen LogP contribution < -0.4 is 4.90 Å². The molecule has 0 aromatic heterocycles. The second kappa shape index (κ2) is 8.87. The smallest absolute Gasteiger partial charge is 0.320 e. The lowest BCUT2D eigenvalue weighted by atomic mass is 9.90.